The van der Waals surface area contributed by atoms with Crippen molar-refractivity contribution in [2.45, 2.75) is 6.42 Å². The summed E-state index contributed by atoms with van der Waals surface area (Å²) in [4.78, 5) is 49.3. The van der Waals surface area contributed by atoms with Crippen molar-refractivity contribution < 1.29 is 19.3 Å². The van der Waals surface area contributed by atoms with E-state index in [1.807, 2.05) is 36.4 Å². The molecule has 0 atom stereocenters. The maximum absolute atomic E-state index is 13.2. The molecule has 4 amide bonds. The third-order valence-electron chi connectivity index (χ3n) is 5.09. The number of rotatable bonds is 5. The Morgan fingerprint density at radius 2 is 1.64 bits per heavy atom. The Hall–Kier alpha value is -4.11. The first-order valence-corrected chi connectivity index (χ1v) is 10.6. The van der Waals surface area contributed by atoms with E-state index in [2.05, 4.69) is 21.2 Å². The lowest BCUT2D eigenvalue weighted by Crippen LogP contribution is -2.54. The van der Waals surface area contributed by atoms with Crippen LogP contribution in [0.4, 0.5) is 16.2 Å². The van der Waals surface area contributed by atoms with E-state index in [1.165, 1.54) is 24.3 Å². The van der Waals surface area contributed by atoms with Gasteiger partial charge in [-0.05, 0) is 41.3 Å². The number of anilines is 1. The molecule has 1 aliphatic heterocycles. The van der Waals surface area contributed by atoms with Gasteiger partial charge in [-0.25, -0.2) is 9.69 Å². The van der Waals surface area contributed by atoms with Crippen LogP contribution in [0.1, 0.15) is 16.7 Å². The highest BCUT2D eigenvalue weighted by Crippen LogP contribution is 2.27. The lowest BCUT2D eigenvalue weighted by Gasteiger charge is -2.26. The van der Waals surface area contributed by atoms with Crippen LogP contribution in [0.2, 0.25) is 0 Å². The van der Waals surface area contributed by atoms with Gasteiger partial charge in [0.1, 0.15) is 5.57 Å². The van der Waals surface area contributed by atoms with E-state index < -0.39 is 22.8 Å². The number of nitro benzene ring substituents is 1. The molecule has 164 valence electrons. The maximum atomic E-state index is 13.2. The Morgan fingerprint density at radius 3 is 2.36 bits per heavy atom. The summed E-state index contributed by atoms with van der Waals surface area (Å²) in [6.45, 7) is 0. The van der Waals surface area contributed by atoms with Crippen LogP contribution >= 0.6 is 15.9 Å². The number of barbiturate groups is 1. The number of carbonyl (C=O) groups excluding carboxylic acids is 3. The first-order chi connectivity index (χ1) is 15.8. The summed E-state index contributed by atoms with van der Waals surface area (Å²) in [5.74, 6) is -1.69. The molecule has 4 rings (SSSR count). The molecule has 3 aromatic rings. The molecule has 8 nitrogen and oxygen atoms in total. The van der Waals surface area contributed by atoms with E-state index in [4.69, 9.17) is 0 Å². The molecule has 0 unspecified atom stereocenters. The van der Waals surface area contributed by atoms with Crippen molar-refractivity contribution in [3.05, 3.63) is 110 Å². The van der Waals surface area contributed by atoms with Crippen LogP contribution < -0.4 is 10.2 Å². The van der Waals surface area contributed by atoms with Crippen molar-refractivity contribution >= 4 is 51.2 Å². The predicted molar refractivity (Wildman–Crippen MR) is 125 cm³/mol. The number of non-ortho nitro benzene ring substituents is 1. The Bertz CT molecular complexity index is 1330. The van der Waals surface area contributed by atoms with Gasteiger partial charge < -0.3 is 0 Å². The number of benzene rings is 3. The van der Waals surface area contributed by atoms with Gasteiger partial charge in [0.2, 0.25) is 0 Å². The predicted octanol–water partition coefficient (Wildman–Crippen LogP) is 4.61. The van der Waals surface area contributed by atoms with Crippen LogP contribution in [0.5, 0.6) is 0 Å². The van der Waals surface area contributed by atoms with Gasteiger partial charge in [-0.15, -0.1) is 0 Å². The van der Waals surface area contributed by atoms with Crippen LogP contribution in [0.15, 0.2) is 82.8 Å². The first kappa shape index (κ1) is 22.1. The normalized spacial score (nSPS) is 15.0. The Labute approximate surface area is 196 Å². The topological polar surface area (TPSA) is 110 Å². The summed E-state index contributed by atoms with van der Waals surface area (Å²) in [5, 5.41) is 13.2. The van der Waals surface area contributed by atoms with Crippen molar-refractivity contribution in [3.8, 4) is 0 Å². The van der Waals surface area contributed by atoms with E-state index in [9.17, 15) is 24.5 Å². The van der Waals surface area contributed by atoms with Gasteiger partial charge in [-0.2, -0.15) is 0 Å². The lowest BCUT2D eigenvalue weighted by atomic mass is 9.97. The van der Waals surface area contributed by atoms with Gasteiger partial charge in [-0.3, -0.25) is 25.0 Å². The average Bonchev–Trinajstić information content (AvgIpc) is 2.79. The number of nitrogens with zero attached hydrogens (tertiary/aromatic N) is 2. The summed E-state index contributed by atoms with van der Waals surface area (Å²) in [7, 11) is 0. The van der Waals surface area contributed by atoms with E-state index >= 15 is 0 Å². The zero-order valence-electron chi connectivity index (χ0n) is 17.0. The second-order valence-corrected chi connectivity index (χ2v) is 8.06. The molecule has 33 heavy (non-hydrogen) atoms. The maximum Gasteiger partial charge on any atom is 0.335 e. The zero-order chi connectivity index (χ0) is 23.5. The average molecular weight is 506 g/mol. The number of nitro groups is 1. The second kappa shape index (κ2) is 9.17. The van der Waals surface area contributed by atoms with E-state index in [-0.39, 0.29) is 16.9 Å². The number of carbonyl (C=O) groups is 3. The summed E-state index contributed by atoms with van der Waals surface area (Å²) in [6, 6.07) is 19.2. The van der Waals surface area contributed by atoms with Crippen molar-refractivity contribution in [2.24, 2.45) is 0 Å². The molecule has 3 aromatic carbocycles. The summed E-state index contributed by atoms with van der Waals surface area (Å²) >= 11 is 3.53. The fourth-order valence-corrected chi connectivity index (χ4v) is 3.90. The molecule has 0 aromatic heterocycles. The molecule has 0 aliphatic carbocycles. The van der Waals surface area contributed by atoms with Gasteiger partial charge in [0.15, 0.2) is 0 Å². The van der Waals surface area contributed by atoms with Crippen LogP contribution in [0, 0.1) is 10.1 Å². The van der Waals surface area contributed by atoms with Gasteiger partial charge in [-0.1, -0.05) is 64.5 Å². The highest BCUT2D eigenvalue weighted by atomic mass is 79.9. The standard InChI is InChI=1S/C24H16BrN3O5/c25-21-11-4-3-8-17(21)12-15-6-1-2-7-16(15)13-20-22(29)26-24(31)27(23(20)30)18-9-5-10-19(14-18)28(32)33/h1-11,13-14H,12H2,(H,26,29,31)/b20-13+. The monoisotopic (exact) mass is 505 g/mol. The molecule has 0 bridgehead atoms. The molecule has 1 fully saturated rings. The molecule has 0 saturated carbocycles. The smallest absolute Gasteiger partial charge is 0.273 e. The molecule has 1 aliphatic rings. The fraction of sp³-hybridized carbons (Fsp3) is 0.0417. The van der Waals surface area contributed by atoms with Crippen molar-refractivity contribution in [3.63, 3.8) is 0 Å². The molecular formula is C24H16BrN3O5. The molecule has 1 N–H and O–H groups in total. The Morgan fingerprint density at radius 1 is 0.939 bits per heavy atom. The first-order valence-electron chi connectivity index (χ1n) is 9.82. The minimum Gasteiger partial charge on any atom is -0.273 e. The fourth-order valence-electron chi connectivity index (χ4n) is 3.48. The van der Waals surface area contributed by atoms with Crippen LogP contribution in [0.25, 0.3) is 6.08 Å². The minimum atomic E-state index is -0.968. The van der Waals surface area contributed by atoms with Gasteiger partial charge in [0, 0.05) is 16.6 Å². The third-order valence-corrected chi connectivity index (χ3v) is 5.87. The highest BCUT2D eigenvalue weighted by Gasteiger charge is 2.37. The van der Waals surface area contributed by atoms with E-state index in [1.54, 1.807) is 12.1 Å². The quantitative estimate of drug-likeness (QED) is 0.235. The molecule has 0 spiro atoms. The molecule has 0 radical (unpaired) electrons. The Kier molecular flexibility index (Phi) is 6.14. The van der Waals surface area contributed by atoms with Crippen molar-refractivity contribution in [1.82, 2.24) is 5.32 Å². The van der Waals surface area contributed by atoms with Crippen molar-refractivity contribution in [1.29, 1.82) is 0 Å². The number of amides is 4. The molecule has 1 heterocycles. The van der Waals surface area contributed by atoms with Gasteiger partial charge >= 0.3 is 6.03 Å². The lowest BCUT2D eigenvalue weighted by molar-refractivity contribution is -0.384. The number of urea groups is 1. The largest absolute Gasteiger partial charge is 0.335 e. The van der Waals surface area contributed by atoms with Crippen LogP contribution in [-0.2, 0) is 16.0 Å². The van der Waals surface area contributed by atoms with Crippen LogP contribution in [0.3, 0.4) is 0 Å². The van der Waals surface area contributed by atoms with Crippen molar-refractivity contribution in [2.75, 3.05) is 4.90 Å². The summed E-state index contributed by atoms with van der Waals surface area (Å²) in [5.41, 5.74) is 1.99. The Balaban J connectivity index is 1.73. The van der Waals surface area contributed by atoms with Crippen LogP contribution in [-0.4, -0.2) is 22.8 Å². The van der Waals surface area contributed by atoms with E-state index in [0.29, 0.717) is 12.0 Å². The molecule has 1 saturated heterocycles. The number of hydrogen-bond acceptors (Lipinski definition) is 5. The summed E-state index contributed by atoms with van der Waals surface area (Å²) in [6.07, 6.45) is 1.98. The third kappa shape index (κ3) is 4.58. The zero-order valence-corrected chi connectivity index (χ0v) is 18.6. The molecular weight excluding hydrogens is 490 g/mol. The second-order valence-electron chi connectivity index (χ2n) is 7.20. The SMILES string of the molecule is O=C1NC(=O)N(c2cccc([N+](=O)[O-])c2)C(=O)/C1=C/c1ccccc1Cc1ccccc1Br. The number of halogens is 1. The number of nitrogens with one attached hydrogen (secondary N) is 1. The number of imide groups is 2. The molecule has 9 heteroatoms. The number of hydrogen-bond donors (Lipinski definition) is 1. The minimum absolute atomic E-state index is 0.00778. The highest BCUT2D eigenvalue weighted by molar-refractivity contribution is 9.10. The van der Waals surface area contributed by atoms with Gasteiger partial charge in [0.25, 0.3) is 17.5 Å². The van der Waals surface area contributed by atoms with Gasteiger partial charge in [0.05, 0.1) is 10.6 Å². The summed E-state index contributed by atoms with van der Waals surface area (Å²) < 4.78 is 0.932. The van der Waals surface area contributed by atoms with E-state index in [0.717, 1.165) is 26.6 Å².